The first-order valence-corrected chi connectivity index (χ1v) is 8.06. The molecule has 4 heteroatoms. The monoisotopic (exact) mass is 343 g/mol. The summed E-state index contributed by atoms with van der Waals surface area (Å²) in [6, 6.07) is 4.66. The molecule has 1 N–H and O–H groups in total. The molecule has 1 aliphatic heterocycles. The second kappa shape index (κ2) is 6.54. The Kier molecular flexibility index (Phi) is 5.21. The highest BCUT2D eigenvalue weighted by Gasteiger charge is 2.33. The molecule has 0 radical (unpaired) electrons. The molecular formula is C16H23BrFNO. The number of halogens is 2. The molecule has 20 heavy (non-hydrogen) atoms. The van der Waals surface area contributed by atoms with E-state index in [-0.39, 0.29) is 5.82 Å². The van der Waals surface area contributed by atoms with Crippen LogP contribution in [0.3, 0.4) is 0 Å². The lowest BCUT2D eigenvalue weighted by atomic mass is 9.85. The van der Waals surface area contributed by atoms with Crippen LogP contribution in [0.5, 0.6) is 0 Å². The van der Waals surface area contributed by atoms with E-state index in [1.54, 1.807) is 6.07 Å². The number of benzene rings is 1. The second-order valence-corrected chi connectivity index (χ2v) is 7.19. The minimum Gasteiger partial charge on any atom is -0.389 e. The van der Waals surface area contributed by atoms with Gasteiger partial charge >= 0.3 is 0 Å². The molecule has 0 bridgehead atoms. The van der Waals surface area contributed by atoms with Crippen molar-refractivity contribution in [3.8, 4) is 0 Å². The summed E-state index contributed by atoms with van der Waals surface area (Å²) in [5, 5.41) is 10.7. The molecule has 2 nitrogen and oxygen atoms in total. The minimum atomic E-state index is -0.705. The van der Waals surface area contributed by atoms with Gasteiger partial charge in [0, 0.05) is 30.5 Å². The molecule has 2 rings (SSSR count). The van der Waals surface area contributed by atoms with Crippen molar-refractivity contribution in [1.82, 2.24) is 4.90 Å². The molecule has 0 unspecified atom stereocenters. The molecular weight excluding hydrogens is 321 g/mol. The molecule has 1 saturated heterocycles. The molecule has 1 aromatic carbocycles. The highest BCUT2D eigenvalue weighted by molar-refractivity contribution is 9.10. The number of hydrogen-bond acceptors (Lipinski definition) is 2. The lowest BCUT2D eigenvalue weighted by molar-refractivity contribution is -0.0228. The summed E-state index contributed by atoms with van der Waals surface area (Å²) in [5.74, 6) is 0.405. The summed E-state index contributed by atoms with van der Waals surface area (Å²) < 4.78 is 14.2. The van der Waals surface area contributed by atoms with Gasteiger partial charge in [0.05, 0.1) is 5.60 Å². The van der Waals surface area contributed by atoms with Gasteiger partial charge in [-0.25, -0.2) is 4.39 Å². The van der Waals surface area contributed by atoms with Crippen LogP contribution in [0.1, 0.15) is 32.3 Å². The molecule has 0 spiro atoms. The van der Waals surface area contributed by atoms with Gasteiger partial charge in [-0.3, -0.25) is 0 Å². The zero-order valence-electron chi connectivity index (χ0n) is 12.2. The fraction of sp³-hybridized carbons (Fsp3) is 0.625. The van der Waals surface area contributed by atoms with Crippen LogP contribution in [-0.4, -0.2) is 35.2 Å². The van der Waals surface area contributed by atoms with E-state index >= 15 is 0 Å². The summed E-state index contributed by atoms with van der Waals surface area (Å²) in [5.41, 5.74) is 0.147. The Hall–Kier alpha value is -0.450. The van der Waals surface area contributed by atoms with Gasteiger partial charge in [-0.1, -0.05) is 29.8 Å². The molecule has 0 amide bonds. The van der Waals surface area contributed by atoms with Crippen molar-refractivity contribution in [3.05, 3.63) is 34.1 Å². The van der Waals surface area contributed by atoms with Crippen LogP contribution in [0.2, 0.25) is 0 Å². The maximum atomic E-state index is 13.3. The van der Waals surface area contributed by atoms with Crippen LogP contribution in [0.15, 0.2) is 22.7 Å². The SMILES string of the molecule is CC(C)CN1CCC(O)(Cc2cc(F)ccc2Br)CC1. The molecule has 112 valence electrons. The zero-order chi connectivity index (χ0) is 14.8. The lowest BCUT2D eigenvalue weighted by Crippen LogP contribution is -2.46. The Labute approximate surface area is 129 Å². The van der Waals surface area contributed by atoms with Crippen molar-refractivity contribution in [3.63, 3.8) is 0 Å². The zero-order valence-corrected chi connectivity index (χ0v) is 13.8. The Bertz CT molecular complexity index is 456. The topological polar surface area (TPSA) is 23.5 Å². The van der Waals surface area contributed by atoms with E-state index in [1.165, 1.54) is 12.1 Å². The molecule has 0 saturated carbocycles. The van der Waals surface area contributed by atoms with Crippen LogP contribution in [0.25, 0.3) is 0 Å². The largest absolute Gasteiger partial charge is 0.389 e. The van der Waals surface area contributed by atoms with E-state index in [2.05, 4.69) is 34.7 Å². The van der Waals surface area contributed by atoms with Crippen molar-refractivity contribution < 1.29 is 9.50 Å². The third-order valence-electron chi connectivity index (χ3n) is 3.94. The standard InChI is InChI=1S/C16H23BrFNO/c1-12(2)11-19-7-5-16(20,6-8-19)10-13-9-14(18)3-4-15(13)17/h3-4,9,12,20H,5-8,10-11H2,1-2H3. The normalized spacial score (nSPS) is 19.5. The molecule has 1 aromatic rings. The quantitative estimate of drug-likeness (QED) is 0.902. The van der Waals surface area contributed by atoms with Crippen LogP contribution in [0.4, 0.5) is 4.39 Å². The van der Waals surface area contributed by atoms with Crippen molar-refractivity contribution in [1.29, 1.82) is 0 Å². The number of hydrogen-bond donors (Lipinski definition) is 1. The van der Waals surface area contributed by atoms with Gasteiger partial charge in [-0.15, -0.1) is 0 Å². The van der Waals surface area contributed by atoms with Crippen LogP contribution in [-0.2, 0) is 6.42 Å². The van der Waals surface area contributed by atoms with Crippen LogP contribution >= 0.6 is 15.9 Å². The smallest absolute Gasteiger partial charge is 0.123 e. The number of piperidine rings is 1. The van der Waals surface area contributed by atoms with Gasteiger partial charge < -0.3 is 10.0 Å². The number of rotatable bonds is 4. The molecule has 1 heterocycles. The summed E-state index contributed by atoms with van der Waals surface area (Å²) >= 11 is 3.44. The Morgan fingerprint density at radius 3 is 2.60 bits per heavy atom. The fourth-order valence-electron chi connectivity index (χ4n) is 2.88. The second-order valence-electron chi connectivity index (χ2n) is 6.33. The summed E-state index contributed by atoms with van der Waals surface area (Å²) in [7, 11) is 0. The maximum absolute atomic E-state index is 13.3. The summed E-state index contributed by atoms with van der Waals surface area (Å²) in [6.45, 7) is 7.35. The van der Waals surface area contributed by atoms with Crippen molar-refractivity contribution in [2.75, 3.05) is 19.6 Å². The van der Waals surface area contributed by atoms with Gasteiger partial charge in [0.1, 0.15) is 5.82 Å². The van der Waals surface area contributed by atoms with Crippen molar-refractivity contribution in [2.24, 2.45) is 5.92 Å². The van der Waals surface area contributed by atoms with E-state index in [0.717, 1.165) is 42.5 Å². The molecule has 0 aromatic heterocycles. The molecule has 1 fully saturated rings. The van der Waals surface area contributed by atoms with Crippen LogP contribution in [0, 0.1) is 11.7 Å². The fourth-order valence-corrected chi connectivity index (χ4v) is 3.27. The summed E-state index contributed by atoms with van der Waals surface area (Å²) in [6.07, 6.45) is 2.02. The first kappa shape index (κ1) is 15.9. The van der Waals surface area contributed by atoms with E-state index in [1.807, 2.05) is 0 Å². The van der Waals surface area contributed by atoms with E-state index in [9.17, 15) is 9.50 Å². The van der Waals surface area contributed by atoms with Gasteiger partial charge in [-0.2, -0.15) is 0 Å². The third kappa shape index (κ3) is 4.27. The first-order valence-electron chi connectivity index (χ1n) is 7.27. The van der Waals surface area contributed by atoms with Crippen LogP contribution < -0.4 is 0 Å². The molecule has 0 atom stereocenters. The van der Waals surface area contributed by atoms with Gasteiger partial charge in [-0.05, 0) is 42.5 Å². The highest BCUT2D eigenvalue weighted by atomic mass is 79.9. The first-order chi connectivity index (χ1) is 9.38. The maximum Gasteiger partial charge on any atom is 0.123 e. The van der Waals surface area contributed by atoms with E-state index < -0.39 is 5.60 Å². The summed E-state index contributed by atoms with van der Waals surface area (Å²) in [4.78, 5) is 2.40. The Morgan fingerprint density at radius 2 is 2.00 bits per heavy atom. The average Bonchev–Trinajstić information content (AvgIpc) is 2.36. The van der Waals surface area contributed by atoms with E-state index in [0.29, 0.717) is 12.3 Å². The predicted octanol–water partition coefficient (Wildman–Crippen LogP) is 3.61. The van der Waals surface area contributed by atoms with Crippen molar-refractivity contribution >= 4 is 15.9 Å². The van der Waals surface area contributed by atoms with Gasteiger partial charge in [0.2, 0.25) is 0 Å². The van der Waals surface area contributed by atoms with Gasteiger partial charge in [0.15, 0.2) is 0 Å². The van der Waals surface area contributed by atoms with Gasteiger partial charge in [0.25, 0.3) is 0 Å². The average molecular weight is 344 g/mol. The number of aliphatic hydroxyl groups is 1. The lowest BCUT2D eigenvalue weighted by Gasteiger charge is -2.39. The minimum absolute atomic E-state index is 0.246. The Morgan fingerprint density at radius 1 is 1.35 bits per heavy atom. The third-order valence-corrected chi connectivity index (χ3v) is 4.71. The predicted molar refractivity (Wildman–Crippen MR) is 83.3 cm³/mol. The number of likely N-dealkylation sites (tertiary alicyclic amines) is 1. The molecule has 1 aliphatic rings. The Balaban J connectivity index is 1.98. The number of nitrogens with zero attached hydrogens (tertiary/aromatic N) is 1. The van der Waals surface area contributed by atoms with E-state index in [4.69, 9.17) is 0 Å². The van der Waals surface area contributed by atoms with Crippen molar-refractivity contribution in [2.45, 2.75) is 38.7 Å². The molecule has 0 aliphatic carbocycles. The highest BCUT2D eigenvalue weighted by Crippen LogP contribution is 2.30.